The van der Waals surface area contributed by atoms with E-state index in [1.807, 2.05) is 19.1 Å². The SMILES string of the molecule is CCc1ccc(OCC(=O)Nc2cccc(C(=O)Nc3cccc(C(F)(F)F)c3)c2)c(Br)c1. The Labute approximate surface area is 197 Å². The molecule has 0 aliphatic rings. The van der Waals surface area contributed by atoms with Crippen molar-refractivity contribution in [3.8, 4) is 5.75 Å². The monoisotopic (exact) mass is 520 g/mol. The second-order valence-corrected chi connectivity index (χ2v) is 7.92. The van der Waals surface area contributed by atoms with Crippen molar-refractivity contribution in [3.63, 3.8) is 0 Å². The highest BCUT2D eigenvalue weighted by Crippen LogP contribution is 2.31. The zero-order chi connectivity index (χ0) is 24.0. The van der Waals surface area contributed by atoms with Crippen molar-refractivity contribution in [2.24, 2.45) is 0 Å². The predicted octanol–water partition coefficient (Wildman–Crippen LogP) is 6.30. The molecule has 5 nitrogen and oxygen atoms in total. The van der Waals surface area contributed by atoms with Crippen molar-refractivity contribution >= 4 is 39.1 Å². The Kier molecular flexibility index (Phi) is 7.75. The summed E-state index contributed by atoms with van der Waals surface area (Å²) in [5.41, 5.74) is 0.790. The fourth-order valence-electron chi connectivity index (χ4n) is 2.94. The Morgan fingerprint density at radius 1 is 0.939 bits per heavy atom. The van der Waals surface area contributed by atoms with Gasteiger partial charge in [-0.1, -0.05) is 25.1 Å². The second-order valence-electron chi connectivity index (χ2n) is 7.07. The van der Waals surface area contributed by atoms with Crippen LogP contribution in [0.25, 0.3) is 0 Å². The molecule has 0 aliphatic carbocycles. The van der Waals surface area contributed by atoms with Crippen LogP contribution in [0.5, 0.6) is 5.75 Å². The molecule has 0 bridgehead atoms. The van der Waals surface area contributed by atoms with Gasteiger partial charge < -0.3 is 15.4 Å². The molecule has 2 N–H and O–H groups in total. The summed E-state index contributed by atoms with van der Waals surface area (Å²) in [5.74, 6) is -0.518. The molecule has 2 amide bonds. The summed E-state index contributed by atoms with van der Waals surface area (Å²) in [7, 11) is 0. The van der Waals surface area contributed by atoms with Gasteiger partial charge in [-0.15, -0.1) is 0 Å². The minimum atomic E-state index is -4.51. The van der Waals surface area contributed by atoms with Gasteiger partial charge in [0.25, 0.3) is 11.8 Å². The van der Waals surface area contributed by atoms with Gasteiger partial charge in [-0.25, -0.2) is 0 Å². The zero-order valence-electron chi connectivity index (χ0n) is 17.5. The van der Waals surface area contributed by atoms with Crippen molar-refractivity contribution in [3.05, 3.63) is 87.9 Å². The normalized spacial score (nSPS) is 11.1. The highest BCUT2D eigenvalue weighted by atomic mass is 79.9. The van der Waals surface area contributed by atoms with Crippen LogP contribution in [0.4, 0.5) is 24.5 Å². The number of alkyl halides is 3. The van der Waals surface area contributed by atoms with Crippen LogP contribution in [0.15, 0.2) is 71.2 Å². The number of carbonyl (C=O) groups excluding carboxylic acids is 2. The first-order chi connectivity index (χ1) is 15.7. The molecule has 0 spiro atoms. The van der Waals surface area contributed by atoms with E-state index in [1.165, 1.54) is 24.3 Å². The van der Waals surface area contributed by atoms with E-state index in [4.69, 9.17) is 4.74 Å². The summed E-state index contributed by atoms with van der Waals surface area (Å²) >= 11 is 3.41. The van der Waals surface area contributed by atoms with Gasteiger partial charge in [-0.2, -0.15) is 13.2 Å². The lowest BCUT2D eigenvalue weighted by Crippen LogP contribution is -2.20. The third kappa shape index (κ3) is 6.82. The molecule has 0 aromatic heterocycles. The summed E-state index contributed by atoms with van der Waals surface area (Å²) < 4.78 is 44.9. The molecular formula is C24H20BrF3N2O3. The molecule has 0 saturated heterocycles. The molecule has 0 heterocycles. The topological polar surface area (TPSA) is 67.4 Å². The molecular weight excluding hydrogens is 501 g/mol. The molecule has 3 aromatic rings. The van der Waals surface area contributed by atoms with Gasteiger partial charge in [0.2, 0.25) is 0 Å². The number of ether oxygens (including phenoxy) is 1. The number of hydrogen-bond donors (Lipinski definition) is 2. The van der Waals surface area contributed by atoms with Crippen molar-refractivity contribution in [2.45, 2.75) is 19.5 Å². The van der Waals surface area contributed by atoms with Gasteiger partial charge in [-0.05, 0) is 76.4 Å². The first-order valence-corrected chi connectivity index (χ1v) is 10.7. The number of amides is 2. The fourth-order valence-corrected chi connectivity index (χ4v) is 3.48. The Hall–Kier alpha value is -3.33. The average Bonchev–Trinajstić information content (AvgIpc) is 2.78. The van der Waals surface area contributed by atoms with Crippen LogP contribution in [0.1, 0.15) is 28.4 Å². The van der Waals surface area contributed by atoms with Gasteiger partial charge in [0.05, 0.1) is 10.0 Å². The third-order valence-electron chi connectivity index (χ3n) is 4.62. The Balaban J connectivity index is 1.61. The molecule has 0 radical (unpaired) electrons. The van der Waals surface area contributed by atoms with Crippen LogP contribution in [-0.2, 0) is 17.4 Å². The van der Waals surface area contributed by atoms with E-state index in [0.29, 0.717) is 11.4 Å². The van der Waals surface area contributed by atoms with E-state index >= 15 is 0 Å². The largest absolute Gasteiger partial charge is 0.483 e. The van der Waals surface area contributed by atoms with E-state index in [1.54, 1.807) is 18.2 Å². The fraction of sp³-hybridized carbons (Fsp3) is 0.167. The number of carbonyl (C=O) groups is 2. The van der Waals surface area contributed by atoms with Gasteiger partial charge in [0, 0.05) is 16.9 Å². The minimum Gasteiger partial charge on any atom is -0.483 e. The molecule has 0 fully saturated rings. The molecule has 3 rings (SSSR count). The summed E-state index contributed by atoms with van der Waals surface area (Å²) in [6, 6.07) is 16.0. The Morgan fingerprint density at radius 2 is 1.64 bits per heavy atom. The lowest BCUT2D eigenvalue weighted by Gasteiger charge is -2.12. The van der Waals surface area contributed by atoms with Crippen molar-refractivity contribution < 1.29 is 27.5 Å². The van der Waals surface area contributed by atoms with E-state index in [0.717, 1.165) is 28.6 Å². The highest BCUT2D eigenvalue weighted by molar-refractivity contribution is 9.10. The van der Waals surface area contributed by atoms with Crippen molar-refractivity contribution in [2.75, 3.05) is 17.2 Å². The number of nitrogens with one attached hydrogen (secondary N) is 2. The minimum absolute atomic E-state index is 0.0114. The highest BCUT2D eigenvalue weighted by Gasteiger charge is 2.30. The number of aryl methyl sites for hydroxylation is 1. The molecule has 0 unspecified atom stereocenters. The molecule has 9 heteroatoms. The smallest absolute Gasteiger partial charge is 0.416 e. The second kappa shape index (κ2) is 10.5. The van der Waals surface area contributed by atoms with E-state index < -0.39 is 23.6 Å². The van der Waals surface area contributed by atoms with Crippen LogP contribution < -0.4 is 15.4 Å². The standard InChI is InChI=1S/C24H20BrF3N2O3/c1-2-15-9-10-21(20(25)11-15)33-14-22(31)29-18-7-3-5-16(12-18)23(32)30-19-8-4-6-17(13-19)24(26,27)28/h3-13H,2,14H2,1H3,(H,29,31)(H,30,32). The number of halogens is 4. The van der Waals surface area contributed by atoms with Crippen LogP contribution in [0.3, 0.4) is 0 Å². The quantitative estimate of drug-likeness (QED) is 0.384. The van der Waals surface area contributed by atoms with Gasteiger partial charge in [0.1, 0.15) is 5.75 Å². The lowest BCUT2D eigenvalue weighted by atomic mass is 10.1. The summed E-state index contributed by atoms with van der Waals surface area (Å²) in [6.07, 6.45) is -3.64. The van der Waals surface area contributed by atoms with Crippen LogP contribution >= 0.6 is 15.9 Å². The zero-order valence-corrected chi connectivity index (χ0v) is 19.1. The average molecular weight is 521 g/mol. The summed E-state index contributed by atoms with van der Waals surface area (Å²) in [5, 5.41) is 5.07. The molecule has 0 saturated carbocycles. The molecule has 33 heavy (non-hydrogen) atoms. The summed E-state index contributed by atoms with van der Waals surface area (Å²) in [4.78, 5) is 24.7. The van der Waals surface area contributed by atoms with E-state index in [2.05, 4.69) is 26.6 Å². The maximum atomic E-state index is 12.9. The lowest BCUT2D eigenvalue weighted by molar-refractivity contribution is -0.137. The van der Waals surface area contributed by atoms with E-state index in [-0.39, 0.29) is 17.9 Å². The Morgan fingerprint density at radius 3 is 2.30 bits per heavy atom. The molecule has 0 atom stereocenters. The number of benzene rings is 3. The van der Waals surface area contributed by atoms with Crippen LogP contribution in [0, 0.1) is 0 Å². The molecule has 0 aliphatic heterocycles. The molecule has 172 valence electrons. The maximum absolute atomic E-state index is 12.9. The Bertz CT molecular complexity index is 1170. The van der Waals surface area contributed by atoms with Crippen molar-refractivity contribution in [1.82, 2.24) is 0 Å². The van der Waals surface area contributed by atoms with Gasteiger partial charge >= 0.3 is 6.18 Å². The number of anilines is 2. The first kappa shape index (κ1) is 24.3. The number of hydrogen-bond acceptors (Lipinski definition) is 3. The predicted molar refractivity (Wildman–Crippen MR) is 123 cm³/mol. The summed E-state index contributed by atoms with van der Waals surface area (Å²) in [6.45, 7) is 1.79. The van der Waals surface area contributed by atoms with Crippen LogP contribution in [0.2, 0.25) is 0 Å². The third-order valence-corrected chi connectivity index (χ3v) is 5.24. The first-order valence-electron chi connectivity index (χ1n) is 9.95. The van der Waals surface area contributed by atoms with Crippen LogP contribution in [-0.4, -0.2) is 18.4 Å². The molecule has 3 aromatic carbocycles. The van der Waals surface area contributed by atoms with Gasteiger partial charge in [0.15, 0.2) is 6.61 Å². The maximum Gasteiger partial charge on any atom is 0.416 e. The number of rotatable bonds is 7. The van der Waals surface area contributed by atoms with Gasteiger partial charge in [-0.3, -0.25) is 9.59 Å². The van der Waals surface area contributed by atoms with Crippen molar-refractivity contribution in [1.29, 1.82) is 0 Å². The van der Waals surface area contributed by atoms with E-state index in [9.17, 15) is 22.8 Å².